The Morgan fingerprint density at radius 1 is 1.25 bits per heavy atom. The second-order valence-corrected chi connectivity index (χ2v) is 4.86. The Hall–Kier alpha value is -2.36. The van der Waals surface area contributed by atoms with Gasteiger partial charge in [0.1, 0.15) is 5.82 Å². The zero-order chi connectivity index (χ0) is 14.5. The van der Waals surface area contributed by atoms with Gasteiger partial charge in [0.15, 0.2) is 0 Å². The number of hydrogen-bond acceptors (Lipinski definition) is 3. The Morgan fingerprint density at radius 2 is 1.95 bits per heavy atom. The third-order valence-electron chi connectivity index (χ3n) is 3.38. The van der Waals surface area contributed by atoms with Crippen LogP contribution in [0, 0.1) is 0 Å². The standard InChI is InChI=1S/C16H19N3O/c1-3-11(2)12-4-6-13(7-5-12)16(20)19-15-9-8-14(17)10-18-15/h4-11H,3,17H2,1-2H3,(H,18,19,20). The first-order valence-corrected chi connectivity index (χ1v) is 6.73. The van der Waals surface area contributed by atoms with Crippen molar-refractivity contribution >= 4 is 17.4 Å². The molecule has 4 nitrogen and oxygen atoms in total. The van der Waals surface area contributed by atoms with Crippen LogP contribution < -0.4 is 11.1 Å². The largest absolute Gasteiger partial charge is 0.397 e. The number of carbonyl (C=O) groups excluding carboxylic acids is 1. The summed E-state index contributed by atoms with van der Waals surface area (Å²) in [4.78, 5) is 16.1. The number of nitrogen functional groups attached to an aromatic ring is 1. The van der Waals surface area contributed by atoms with E-state index in [4.69, 9.17) is 5.73 Å². The highest BCUT2D eigenvalue weighted by Gasteiger charge is 2.08. The summed E-state index contributed by atoms with van der Waals surface area (Å²) in [6, 6.07) is 11.1. The summed E-state index contributed by atoms with van der Waals surface area (Å²) < 4.78 is 0. The zero-order valence-electron chi connectivity index (χ0n) is 11.8. The predicted octanol–water partition coefficient (Wildman–Crippen LogP) is 3.43. The minimum atomic E-state index is -0.169. The van der Waals surface area contributed by atoms with Crippen LogP contribution in [0.1, 0.15) is 42.1 Å². The van der Waals surface area contributed by atoms with Gasteiger partial charge in [0.2, 0.25) is 0 Å². The van der Waals surface area contributed by atoms with Gasteiger partial charge in [-0.2, -0.15) is 0 Å². The average Bonchev–Trinajstić information content (AvgIpc) is 2.49. The number of amides is 1. The molecule has 1 unspecified atom stereocenters. The molecule has 1 aromatic heterocycles. The second-order valence-electron chi connectivity index (χ2n) is 4.86. The number of hydrogen-bond donors (Lipinski definition) is 2. The molecule has 0 aliphatic rings. The number of nitrogens with zero attached hydrogens (tertiary/aromatic N) is 1. The van der Waals surface area contributed by atoms with Crippen LogP contribution in [0.25, 0.3) is 0 Å². The minimum Gasteiger partial charge on any atom is -0.397 e. The van der Waals surface area contributed by atoms with E-state index < -0.39 is 0 Å². The Morgan fingerprint density at radius 3 is 2.50 bits per heavy atom. The summed E-state index contributed by atoms with van der Waals surface area (Å²) in [6.07, 6.45) is 2.60. The molecule has 0 saturated heterocycles. The SMILES string of the molecule is CCC(C)c1ccc(C(=O)Nc2ccc(N)cn2)cc1. The van der Waals surface area contributed by atoms with Crippen molar-refractivity contribution in [1.29, 1.82) is 0 Å². The molecule has 4 heteroatoms. The fourth-order valence-corrected chi connectivity index (χ4v) is 1.87. The van der Waals surface area contributed by atoms with Crippen molar-refractivity contribution in [2.45, 2.75) is 26.2 Å². The van der Waals surface area contributed by atoms with Crippen molar-refractivity contribution in [3.8, 4) is 0 Å². The number of anilines is 2. The highest BCUT2D eigenvalue weighted by Crippen LogP contribution is 2.19. The van der Waals surface area contributed by atoms with E-state index in [1.807, 2.05) is 24.3 Å². The zero-order valence-corrected chi connectivity index (χ0v) is 11.8. The van der Waals surface area contributed by atoms with Crippen molar-refractivity contribution in [2.75, 3.05) is 11.1 Å². The fourth-order valence-electron chi connectivity index (χ4n) is 1.87. The lowest BCUT2D eigenvalue weighted by molar-refractivity contribution is 0.102. The topological polar surface area (TPSA) is 68.0 Å². The number of carbonyl (C=O) groups is 1. The van der Waals surface area contributed by atoms with Crippen molar-refractivity contribution in [2.24, 2.45) is 0 Å². The van der Waals surface area contributed by atoms with Gasteiger partial charge in [-0.3, -0.25) is 4.79 Å². The molecule has 1 amide bonds. The molecular weight excluding hydrogens is 250 g/mol. The molecule has 2 rings (SSSR count). The fraction of sp³-hybridized carbons (Fsp3) is 0.250. The van der Waals surface area contributed by atoms with Gasteiger partial charge in [-0.15, -0.1) is 0 Å². The van der Waals surface area contributed by atoms with Crippen molar-refractivity contribution in [3.05, 3.63) is 53.7 Å². The van der Waals surface area contributed by atoms with E-state index in [9.17, 15) is 4.79 Å². The third kappa shape index (κ3) is 3.35. The normalized spacial score (nSPS) is 11.9. The summed E-state index contributed by atoms with van der Waals surface area (Å²) in [5.74, 6) is 0.832. The van der Waals surface area contributed by atoms with Gasteiger partial charge in [-0.05, 0) is 42.2 Å². The highest BCUT2D eigenvalue weighted by atomic mass is 16.1. The lowest BCUT2D eigenvalue weighted by Crippen LogP contribution is -2.13. The van der Waals surface area contributed by atoms with Gasteiger partial charge in [0, 0.05) is 5.56 Å². The first kappa shape index (κ1) is 14.1. The Kier molecular flexibility index (Phi) is 4.35. The van der Waals surface area contributed by atoms with Crippen LogP contribution in [0.4, 0.5) is 11.5 Å². The van der Waals surface area contributed by atoms with Crippen LogP contribution in [0.5, 0.6) is 0 Å². The molecule has 1 atom stereocenters. The van der Waals surface area contributed by atoms with E-state index in [1.165, 1.54) is 11.8 Å². The number of pyridine rings is 1. The van der Waals surface area contributed by atoms with E-state index >= 15 is 0 Å². The summed E-state index contributed by atoms with van der Waals surface area (Å²) in [5, 5.41) is 2.74. The maximum atomic E-state index is 12.1. The van der Waals surface area contributed by atoms with Gasteiger partial charge in [-0.25, -0.2) is 4.98 Å². The van der Waals surface area contributed by atoms with E-state index in [2.05, 4.69) is 24.1 Å². The van der Waals surface area contributed by atoms with Crippen LogP contribution in [0.2, 0.25) is 0 Å². The van der Waals surface area contributed by atoms with E-state index in [-0.39, 0.29) is 5.91 Å². The van der Waals surface area contributed by atoms with Crippen molar-refractivity contribution in [3.63, 3.8) is 0 Å². The lowest BCUT2D eigenvalue weighted by atomic mass is 9.97. The number of benzene rings is 1. The van der Waals surface area contributed by atoms with Gasteiger partial charge in [-0.1, -0.05) is 26.0 Å². The molecular formula is C16H19N3O. The lowest BCUT2D eigenvalue weighted by Gasteiger charge is -2.10. The molecule has 20 heavy (non-hydrogen) atoms. The Labute approximate surface area is 119 Å². The summed E-state index contributed by atoms with van der Waals surface area (Å²) >= 11 is 0. The maximum absolute atomic E-state index is 12.1. The van der Waals surface area contributed by atoms with Crippen molar-refractivity contribution < 1.29 is 4.79 Å². The molecule has 0 saturated carbocycles. The molecule has 0 fully saturated rings. The van der Waals surface area contributed by atoms with Crippen LogP contribution in [-0.4, -0.2) is 10.9 Å². The van der Waals surface area contributed by atoms with Crippen molar-refractivity contribution in [1.82, 2.24) is 4.98 Å². The molecule has 2 aromatic rings. The third-order valence-corrected chi connectivity index (χ3v) is 3.38. The van der Waals surface area contributed by atoms with Gasteiger partial charge < -0.3 is 11.1 Å². The molecule has 1 aromatic carbocycles. The van der Waals surface area contributed by atoms with Crippen LogP contribution in [0.3, 0.4) is 0 Å². The van der Waals surface area contributed by atoms with Crippen LogP contribution in [0.15, 0.2) is 42.6 Å². The Balaban J connectivity index is 2.07. The van der Waals surface area contributed by atoms with Gasteiger partial charge >= 0.3 is 0 Å². The van der Waals surface area contributed by atoms with E-state index in [0.717, 1.165) is 6.42 Å². The highest BCUT2D eigenvalue weighted by molar-refractivity contribution is 6.03. The number of nitrogens with two attached hydrogens (primary N) is 1. The van der Waals surface area contributed by atoms with Crippen LogP contribution in [-0.2, 0) is 0 Å². The molecule has 104 valence electrons. The molecule has 0 aliphatic heterocycles. The molecule has 1 heterocycles. The first-order chi connectivity index (χ1) is 9.60. The minimum absolute atomic E-state index is 0.169. The Bertz CT molecular complexity index is 576. The monoisotopic (exact) mass is 269 g/mol. The van der Waals surface area contributed by atoms with Crippen LogP contribution >= 0.6 is 0 Å². The molecule has 0 radical (unpaired) electrons. The number of nitrogens with one attached hydrogen (secondary N) is 1. The summed E-state index contributed by atoms with van der Waals surface area (Å²) in [7, 11) is 0. The van der Waals surface area contributed by atoms with E-state index in [0.29, 0.717) is 23.0 Å². The average molecular weight is 269 g/mol. The smallest absolute Gasteiger partial charge is 0.256 e. The molecule has 0 aliphatic carbocycles. The molecule has 0 spiro atoms. The number of rotatable bonds is 4. The molecule has 3 N–H and O–H groups in total. The quantitative estimate of drug-likeness (QED) is 0.893. The maximum Gasteiger partial charge on any atom is 0.256 e. The summed E-state index contributed by atoms with van der Waals surface area (Å²) in [6.45, 7) is 4.32. The van der Waals surface area contributed by atoms with E-state index in [1.54, 1.807) is 12.1 Å². The second kappa shape index (κ2) is 6.19. The summed E-state index contributed by atoms with van der Waals surface area (Å²) in [5.41, 5.74) is 7.99. The molecule has 0 bridgehead atoms. The predicted molar refractivity (Wildman–Crippen MR) is 81.8 cm³/mol. The van der Waals surface area contributed by atoms with Gasteiger partial charge in [0.05, 0.1) is 11.9 Å². The van der Waals surface area contributed by atoms with Gasteiger partial charge in [0.25, 0.3) is 5.91 Å². The number of aromatic nitrogens is 1. The first-order valence-electron chi connectivity index (χ1n) is 6.73.